The summed E-state index contributed by atoms with van der Waals surface area (Å²) in [6.45, 7) is 5.36. The van der Waals surface area contributed by atoms with Gasteiger partial charge >= 0.3 is 6.09 Å². The van der Waals surface area contributed by atoms with Crippen molar-refractivity contribution in [3.8, 4) is 0 Å². The number of ether oxygens (including phenoxy) is 1. The zero-order valence-electron chi connectivity index (χ0n) is 17.7. The first-order valence-corrected chi connectivity index (χ1v) is 9.69. The molecule has 0 atom stereocenters. The van der Waals surface area contributed by atoms with E-state index >= 15 is 0 Å². The summed E-state index contributed by atoms with van der Waals surface area (Å²) in [6, 6.07) is 6.24. The molecule has 0 unspecified atom stereocenters. The molecule has 0 aliphatic rings. The molecule has 166 valence electrons. The van der Waals surface area contributed by atoms with Crippen LogP contribution < -0.4 is 16.0 Å². The zero-order valence-corrected chi connectivity index (χ0v) is 17.7. The van der Waals surface area contributed by atoms with Crippen LogP contribution >= 0.6 is 0 Å². The Morgan fingerprint density at radius 3 is 1.81 bits per heavy atom. The van der Waals surface area contributed by atoms with Crippen molar-refractivity contribution in [2.45, 2.75) is 32.4 Å². The molecule has 2 aromatic heterocycles. The van der Waals surface area contributed by atoms with Gasteiger partial charge in [0, 0.05) is 25.2 Å². The molecule has 0 aliphatic carbocycles. The Morgan fingerprint density at radius 1 is 0.935 bits per heavy atom. The molecular weight excluding hydrogens is 402 g/mol. The van der Waals surface area contributed by atoms with E-state index < -0.39 is 17.7 Å². The Morgan fingerprint density at radius 2 is 1.42 bits per heavy atom. The highest BCUT2D eigenvalue weighted by atomic mass is 16.6. The molecule has 2 rings (SSSR count). The Hall–Kier alpha value is -3.75. The Bertz CT molecular complexity index is 832. The predicted octanol–water partition coefficient (Wildman–Crippen LogP) is 2.72. The maximum absolute atomic E-state index is 12.1. The van der Waals surface area contributed by atoms with Gasteiger partial charge in [0.25, 0.3) is 0 Å². The van der Waals surface area contributed by atoms with Crippen molar-refractivity contribution < 1.29 is 28.0 Å². The number of furan rings is 2. The largest absolute Gasteiger partial charge is 0.465 e. The maximum Gasteiger partial charge on any atom is 0.407 e. The molecular formula is C22H27N3O6. The van der Waals surface area contributed by atoms with Gasteiger partial charge in [0.2, 0.25) is 11.8 Å². The van der Waals surface area contributed by atoms with Crippen LogP contribution in [0.15, 0.2) is 57.8 Å². The molecule has 2 aromatic rings. The molecule has 3 amide bonds. The summed E-state index contributed by atoms with van der Waals surface area (Å²) in [5, 5.41) is 7.99. The normalized spacial score (nSPS) is 12.6. The number of nitrogens with one attached hydrogen (secondary N) is 3. The summed E-state index contributed by atoms with van der Waals surface area (Å²) in [4.78, 5) is 36.2. The summed E-state index contributed by atoms with van der Waals surface area (Å²) in [7, 11) is 0. The number of amides is 3. The SMILES string of the molecule is CC(C)(C)OC(=O)NC(CNC(=O)C=Cc1ccco1)CNC(=O)C=Cc1ccco1. The first-order valence-electron chi connectivity index (χ1n) is 9.69. The van der Waals surface area contributed by atoms with Crippen molar-refractivity contribution in [1.29, 1.82) is 0 Å². The van der Waals surface area contributed by atoms with E-state index in [9.17, 15) is 14.4 Å². The Balaban J connectivity index is 1.89. The van der Waals surface area contributed by atoms with Gasteiger partial charge in [0.15, 0.2) is 0 Å². The molecule has 0 aromatic carbocycles. The molecule has 0 saturated heterocycles. The number of rotatable bonds is 9. The van der Waals surface area contributed by atoms with E-state index in [-0.39, 0.29) is 24.9 Å². The Kier molecular flexibility index (Phi) is 8.68. The number of hydrogen-bond donors (Lipinski definition) is 3. The third-order valence-electron chi connectivity index (χ3n) is 3.65. The molecule has 0 radical (unpaired) electrons. The fourth-order valence-electron chi connectivity index (χ4n) is 2.30. The summed E-state index contributed by atoms with van der Waals surface area (Å²) in [6.07, 6.45) is 8.02. The number of alkyl carbamates (subject to hydrolysis) is 1. The smallest absolute Gasteiger partial charge is 0.407 e. The lowest BCUT2D eigenvalue weighted by Crippen LogP contribution is -2.50. The van der Waals surface area contributed by atoms with Crippen LogP contribution in [0, 0.1) is 0 Å². The quantitative estimate of drug-likeness (QED) is 0.527. The van der Waals surface area contributed by atoms with Crippen molar-refractivity contribution in [3.63, 3.8) is 0 Å². The topological polar surface area (TPSA) is 123 Å². The first-order chi connectivity index (χ1) is 14.7. The van der Waals surface area contributed by atoms with E-state index in [0.717, 1.165) is 0 Å². The minimum Gasteiger partial charge on any atom is -0.465 e. The van der Waals surface area contributed by atoms with Crippen molar-refractivity contribution in [2.24, 2.45) is 0 Å². The molecule has 0 saturated carbocycles. The van der Waals surface area contributed by atoms with Crippen molar-refractivity contribution >= 4 is 30.1 Å². The van der Waals surface area contributed by atoms with Crippen LogP contribution in [-0.4, -0.2) is 42.6 Å². The highest BCUT2D eigenvalue weighted by Gasteiger charge is 2.20. The predicted molar refractivity (Wildman–Crippen MR) is 115 cm³/mol. The molecule has 3 N–H and O–H groups in total. The highest BCUT2D eigenvalue weighted by Crippen LogP contribution is 2.07. The zero-order chi connectivity index (χ0) is 22.7. The molecule has 0 bridgehead atoms. The molecule has 0 spiro atoms. The number of carbonyl (C=O) groups is 3. The average Bonchev–Trinajstić information content (AvgIpc) is 3.39. The van der Waals surface area contributed by atoms with Gasteiger partial charge in [-0.1, -0.05) is 0 Å². The molecule has 0 aliphatic heterocycles. The van der Waals surface area contributed by atoms with Crippen LogP contribution in [0.5, 0.6) is 0 Å². The first kappa shape index (κ1) is 23.5. The minimum atomic E-state index is -0.682. The third kappa shape index (κ3) is 10.0. The van der Waals surface area contributed by atoms with Crippen LogP contribution in [0.4, 0.5) is 4.79 Å². The van der Waals surface area contributed by atoms with Gasteiger partial charge in [-0.15, -0.1) is 0 Å². The molecule has 2 heterocycles. The van der Waals surface area contributed by atoms with E-state index in [2.05, 4.69) is 16.0 Å². The van der Waals surface area contributed by atoms with Gasteiger partial charge in [0.05, 0.1) is 18.6 Å². The van der Waals surface area contributed by atoms with E-state index in [4.69, 9.17) is 13.6 Å². The van der Waals surface area contributed by atoms with Crippen LogP contribution in [0.2, 0.25) is 0 Å². The fourth-order valence-corrected chi connectivity index (χ4v) is 2.30. The van der Waals surface area contributed by atoms with Crippen molar-refractivity contribution in [2.75, 3.05) is 13.1 Å². The summed E-state index contributed by atoms with van der Waals surface area (Å²) >= 11 is 0. The standard InChI is InChI=1S/C22H27N3O6/c1-22(2,3)31-21(28)25-16(14-23-19(26)10-8-17-6-4-12-29-17)15-24-20(27)11-9-18-7-5-13-30-18/h4-13,16H,14-15H2,1-3H3,(H,23,26)(H,24,27)(H,25,28). The second-order valence-corrected chi connectivity index (χ2v) is 7.53. The summed E-state index contributed by atoms with van der Waals surface area (Å²) in [5.41, 5.74) is -0.682. The fraction of sp³-hybridized carbons (Fsp3) is 0.318. The van der Waals surface area contributed by atoms with Crippen LogP contribution in [0.3, 0.4) is 0 Å². The van der Waals surface area contributed by atoms with Crippen molar-refractivity contribution in [1.82, 2.24) is 16.0 Å². The van der Waals surface area contributed by atoms with Gasteiger partial charge in [-0.3, -0.25) is 9.59 Å². The van der Waals surface area contributed by atoms with E-state index in [0.29, 0.717) is 11.5 Å². The summed E-state index contributed by atoms with van der Waals surface area (Å²) < 4.78 is 15.5. The third-order valence-corrected chi connectivity index (χ3v) is 3.65. The monoisotopic (exact) mass is 429 g/mol. The van der Waals surface area contributed by atoms with Gasteiger partial charge < -0.3 is 29.5 Å². The highest BCUT2D eigenvalue weighted by molar-refractivity contribution is 5.92. The lowest BCUT2D eigenvalue weighted by atomic mass is 10.2. The second-order valence-electron chi connectivity index (χ2n) is 7.53. The Labute approximate surface area is 180 Å². The van der Waals surface area contributed by atoms with E-state index in [1.54, 1.807) is 45.0 Å². The van der Waals surface area contributed by atoms with Crippen LogP contribution in [-0.2, 0) is 14.3 Å². The van der Waals surface area contributed by atoms with E-state index in [1.807, 2.05) is 0 Å². The van der Waals surface area contributed by atoms with Gasteiger partial charge in [-0.2, -0.15) is 0 Å². The number of hydrogen-bond acceptors (Lipinski definition) is 6. The van der Waals surface area contributed by atoms with Crippen molar-refractivity contribution in [3.05, 3.63) is 60.5 Å². The molecule has 9 heteroatoms. The van der Waals surface area contributed by atoms with Crippen LogP contribution in [0.1, 0.15) is 32.3 Å². The molecule has 9 nitrogen and oxygen atoms in total. The van der Waals surface area contributed by atoms with Gasteiger partial charge in [-0.25, -0.2) is 4.79 Å². The minimum absolute atomic E-state index is 0.0722. The van der Waals surface area contributed by atoms with Gasteiger partial charge in [-0.05, 0) is 57.2 Å². The van der Waals surface area contributed by atoms with E-state index in [1.165, 1.54) is 36.8 Å². The number of carbonyl (C=O) groups excluding carboxylic acids is 3. The lowest BCUT2D eigenvalue weighted by molar-refractivity contribution is -0.116. The molecule has 31 heavy (non-hydrogen) atoms. The van der Waals surface area contributed by atoms with Crippen LogP contribution in [0.25, 0.3) is 12.2 Å². The second kappa shape index (κ2) is 11.4. The maximum atomic E-state index is 12.1. The lowest BCUT2D eigenvalue weighted by Gasteiger charge is -2.24. The molecule has 0 fully saturated rings. The van der Waals surface area contributed by atoms with Gasteiger partial charge in [0.1, 0.15) is 17.1 Å². The average molecular weight is 429 g/mol. The summed E-state index contributed by atoms with van der Waals surface area (Å²) in [5.74, 6) is 0.316.